The summed E-state index contributed by atoms with van der Waals surface area (Å²) in [7, 11) is -4.71. The molecule has 9 heteroatoms. The van der Waals surface area contributed by atoms with Crippen LogP contribution in [0.5, 0.6) is 0 Å². The Morgan fingerprint density at radius 2 is 1.72 bits per heavy atom. The topological polar surface area (TPSA) is 130 Å². The van der Waals surface area contributed by atoms with Crippen LogP contribution in [0.3, 0.4) is 0 Å². The largest absolute Gasteiger partial charge is 0.383 e. The van der Waals surface area contributed by atoms with E-state index < -0.39 is 26.8 Å². The van der Waals surface area contributed by atoms with Gasteiger partial charge in [0.2, 0.25) is 0 Å². The Bertz CT molecular complexity index is 996. The normalized spacial score (nSPS) is 14.6. The molecule has 0 radical (unpaired) electrons. The zero-order valence-electron chi connectivity index (χ0n) is 13.0. The first-order valence-electron chi connectivity index (χ1n) is 7.38. The molecule has 3 rings (SSSR count). The number of carbonyl (C=O) groups is 2. The molecule has 1 aliphatic rings. The van der Waals surface area contributed by atoms with Crippen molar-refractivity contribution in [3.63, 3.8) is 0 Å². The van der Waals surface area contributed by atoms with E-state index in [0.29, 0.717) is 29.1 Å². The van der Waals surface area contributed by atoms with Crippen molar-refractivity contribution in [3.8, 4) is 0 Å². The predicted molar refractivity (Wildman–Crippen MR) is 92.9 cm³/mol. The minimum Gasteiger partial charge on any atom is -0.383 e. The van der Waals surface area contributed by atoms with Gasteiger partial charge in [-0.2, -0.15) is 8.42 Å². The molecule has 0 bridgehead atoms. The van der Waals surface area contributed by atoms with Crippen LogP contribution in [0.15, 0.2) is 47.4 Å². The standard InChI is InChI=1S/C16H15N3O5S/c17-8-9-18-12-3-1-2-11-10(12)4-5-13(16(11)25(22,23)24)19-14(20)6-7-15(19)21/h1-7,18H,8-9,17H2,(H,22,23,24). The van der Waals surface area contributed by atoms with Crippen LogP contribution in [0.2, 0.25) is 0 Å². The first-order valence-corrected chi connectivity index (χ1v) is 8.82. The number of hydrogen-bond donors (Lipinski definition) is 3. The number of nitrogens with one attached hydrogen (secondary N) is 1. The molecule has 0 unspecified atom stereocenters. The Balaban J connectivity index is 2.30. The highest BCUT2D eigenvalue weighted by molar-refractivity contribution is 7.86. The van der Waals surface area contributed by atoms with E-state index in [-0.39, 0.29) is 11.1 Å². The summed E-state index contributed by atoms with van der Waals surface area (Å²) in [5.41, 5.74) is 5.90. The first-order chi connectivity index (χ1) is 11.8. The zero-order valence-corrected chi connectivity index (χ0v) is 13.8. The Morgan fingerprint density at radius 1 is 1.04 bits per heavy atom. The van der Waals surface area contributed by atoms with Crippen molar-refractivity contribution >= 4 is 44.1 Å². The Kier molecular flexibility index (Phi) is 4.29. The fraction of sp³-hybridized carbons (Fsp3) is 0.125. The minimum atomic E-state index is -4.71. The minimum absolute atomic E-state index is 0.189. The van der Waals surface area contributed by atoms with Gasteiger partial charge in [0.25, 0.3) is 21.9 Å². The van der Waals surface area contributed by atoms with Gasteiger partial charge in [0.1, 0.15) is 4.90 Å². The molecular formula is C16H15N3O5S. The van der Waals surface area contributed by atoms with Gasteiger partial charge in [-0.3, -0.25) is 14.1 Å². The second-order valence-electron chi connectivity index (χ2n) is 5.35. The highest BCUT2D eigenvalue weighted by Gasteiger charge is 2.32. The monoisotopic (exact) mass is 361 g/mol. The molecular weight excluding hydrogens is 346 g/mol. The third kappa shape index (κ3) is 3.00. The summed E-state index contributed by atoms with van der Waals surface area (Å²) in [5, 5.41) is 3.76. The molecule has 2 aromatic rings. The number of carbonyl (C=O) groups excluding carboxylic acids is 2. The van der Waals surface area contributed by atoms with E-state index in [1.807, 2.05) is 0 Å². The number of benzene rings is 2. The number of rotatable bonds is 5. The lowest BCUT2D eigenvalue weighted by molar-refractivity contribution is -0.120. The Morgan fingerprint density at radius 3 is 2.32 bits per heavy atom. The molecule has 25 heavy (non-hydrogen) atoms. The number of imide groups is 1. The molecule has 0 saturated heterocycles. The van der Waals surface area contributed by atoms with Crippen LogP contribution in [0.1, 0.15) is 0 Å². The lowest BCUT2D eigenvalue weighted by atomic mass is 10.1. The lowest BCUT2D eigenvalue weighted by Gasteiger charge is -2.19. The van der Waals surface area contributed by atoms with Crippen molar-refractivity contribution in [2.45, 2.75) is 4.90 Å². The van der Waals surface area contributed by atoms with Crippen LogP contribution < -0.4 is 16.0 Å². The molecule has 1 heterocycles. The average molecular weight is 361 g/mol. The van der Waals surface area contributed by atoms with E-state index in [2.05, 4.69) is 5.32 Å². The molecule has 8 nitrogen and oxygen atoms in total. The van der Waals surface area contributed by atoms with Crippen molar-refractivity contribution in [1.29, 1.82) is 0 Å². The number of nitrogens with two attached hydrogens (primary N) is 1. The smallest absolute Gasteiger partial charge is 0.297 e. The van der Waals surface area contributed by atoms with Crippen LogP contribution in [-0.2, 0) is 19.7 Å². The molecule has 0 fully saturated rings. The quantitative estimate of drug-likeness (QED) is 0.532. The van der Waals surface area contributed by atoms with Crippen LogP contribution in [0.25, 0.3) is 10.8 Å². The molecule has 0 aliphatic carbocycles. The first kappa shape index (κ1) is 17.1. The van der Waals surface area contributed by atoms with E-state index in [0.717, 1.165) is 12.2 Å². The van der Waals surface area contributed by atoms with Crippen molar-refractivity contribution in [2.75, 3.05) is 23.3 Å². The highest BCUT2D eigenvalue weighted by atomic mass is 32.2. The van der Waals surface area contributed by atoms with Crippen LogP contribution in [0, 0.1) is 0 Å². The Hall–Kier alpha value is -2.75. The van der Waals surface area contributed by atoms with Crippen molar-refractivity contribution in [2.24, 2.45) is 5.73 Å². The van der Waals surface area contributed by atoms with Crippen LogP contribution >= 0.6 is 0 Å². The van der Waals surface area contributed by atoms with Crippen molar-refractivity contribution < 1.29 is 22.6 Å². The second-order valence-corrected chi connectivity index (χ2v) is 6.71. The van der Waals surface area contributed by atoms with Gasteiger partial charge < -0.3 is 11.1 Å². The molecule has 130 valence electrons. The fourth-order valence-corrected chi connectivity index (χ4v) is 3.64. The SMILES string of the molecule is NCCNc1cccc2c(S(=O)(=O)O)c(N3C(=O)C=CC3=O)ccc12. The van der Waals surface area contributed by atoms with Crippen molar-refractivity contribution in [1.82, 2.24) is 0 Å². The third-order valence-corrected chi connectivity index (χ3v) is 4.70. The highest BCUT2D eigenvalue weighted by Crippen LogP contribution is 2.37. The van der Waals surface area contributed by atoms with E-state index in [9.17, 15) is 22.6 Å². The maximum Gasteiger partial charge on any atom is 0.297 e. The summed E-state index contributed by atoms with van der Waals surface area (Å²) >= 11 is 0. The summed E-state index contributed by atoms with van der Waals surface area (Å²) in [6.45, 7) is 0.844. The van der Waals surface area contributed by atoms with Gasteiger partial charge in [0, 0.05) is 41.7 Å². The summed E-state index contributed by atoms with van der Waals surface area (Å²) in [4.78, 5) is 24.1. The van der Waals surface area contributed by atoms with Gasteiger partial charge in [-0.1, -0.05) is 18.2 Å². The second kappa shape index (κ2) is 6.28. The maximum atomic E-state index is 12.0. The summed E-state index contributed by atoms with van der Waals surface area (Å²) in [5.74, 6) is -1.35. The van der Waals surface area contributed by atoms with Crippen molar-refractivity contribution in [3.05, 3.63) is 42.5 Å². The van der Waals surface area contributed by atoms with Gasteiger partial charge in [0.05, 0.1) is 5.69 Å². The molecule has 2 aromatic carbocycles. The maximum absolute atomic E-state index is 12.0. The molecule has 0 aromatic heterocycles. The molecule has 0 spiro atoms. The van der Waals surface area contributed by atoms with Gasteiger partial charge >= 0.3 is 0 Å². The number of anilines is 2. The van der Waals surface area contributed by atoms with Gasteiger partial charge in [0.15, 0.2) is 0 Å². The number of nitrogens with zero attached hydrogens (tertiary/aromatic N) is 1. The number of fused-ring (bicyclic) bond motifs is 1. The fourth-order valence-electron chi connectivity index (χ4n) is 2.76. The van der Waals surface area contributed by atoms with E-state index in [4.69, 9.17) is 5.73 Å². The summed E-state index contributed by atoms with van der Waals surface area (Å²) in [6.07, 6.45) is 2.08. The van der Waals surface area contributed by atoms with Gasteiger partial charge in [-0.15, -0.1) is 0 Å². The van der Waals surface area contributed by atoms with E-state index in [1.165, 1.54) is 12.1 Å². The van der Waals surface area contributed by atoms with Crippen LogP contribution in [-0.4, -0.2) is 37.9 Å². The number of amides is 2. The average Bonchev–Trinajstić information content (AvgIpc) is 2.89. The van der Waals surface area contributed by atoms with E-state index in [1.54, 1.807) is 18.2 Å². The molecule has 4 N–H and O–H groups in total. The molecule has 1 aliphatic heterocycles. The third-order valence-electron chi connectivity index (χ3n) is 3.76. The van der Waals surface area contributed by atoms with Crippen LogP contribution in [0.4, 0.5) is 11.4 Å². The van der Waals surface area contributed by atoms with Gasteiger partial charge in [-0.05, 0) is 12.1 Å². The number of hydrogen-bond acceptors (Lipinski definition) is 6. The summed E-state index contributed by atoms with van der Waals surface area (Å²) in [6, 6.07) is 7.73. The molecule has 0 saturated carbocycles. The van der Waals surface area contributed by atoms with Gasteiger partial charge in [-0.25, -0.2) is 4.90 Å². The predicted octanol–water partition coefficient (Wildman–Crippen LogP) is 0.887. The summed E-state index contributed by atoms with van der Waals surface area (Å²) < 4.78 is 33.7. The molecule has 2 amide bonds. The molecule has 0 atom stereocenters. The Labute approximate surface area is 143 Å². The van der Waals surface area contributed by atoms with E-state index >= 15 is 0 Å². The zero-order chi connectivity index (χ0) is 18.2. The lowest BCUT2D eigenvalue weighted by Crippen LogP contribution is -2.31.